The smallest absolute Gasteiger partial charge is 0.115 e. The van der Waals surface area contributed by atoms with Crippen molar-refractivity contribution in [2.24, 2.45) is 0 Å². The molecule has 0 amide bonds. The largest absolute Gasteiger partial charge is 0.508 e. The third kappa shape index (κ3) is 3.20. The summed E-state index contributed by atoms with van der Waals surface area (Å²) in [6.07, 6.45) is 1.66. The number of aromatic nitrogens is 1. The van der Waals surface area contributed by atoms with Crippen molar-refractivity contribution in [1.82, 2.24) is 10.3 Å². The van der Waals surface area contributed by atoms with Gasteiger partial charge in [-0.1, -0.05) is 23.7 Å². The topological polar surface area (TPSA) is 45.1 Å². The van der Waals surface area contributed by atoms with Crippen molar-refractivity contribution in [3.8, 4) is 5.75 Å². The first-order valence-corrected chi connectivity index (χ1v) is 6.02. The second-order valence-electron chi connectivity index (χ2n) is 3.33. The number of aromatic hydroxyl groups is 1. The van der Waals surface area contributed by atoms with Crippen LogP contribution in [-0.2, 0) is 13.1 Å². The zero-order valence-corrected chi connectivity index (χ0v) is 10.1. The van der Waals surface area contributed by atoms with Gasteiger partial charge in [0.2, 0.25) is 0 Å². The number of nitrogens with zero attached hydrogens (tertiary/aromatic N) is 1. The first-order valence-electron chi connectivity index (χ1n) is 4.83. The number of halogens is 1. The Morgan fingerprint density at radius 3 is 2.62 bits per heavy atom. The van der Waals surface area contributed by atoms with Crippen molar-refractivity contribution in [3.63, 3.8) is 0 Å². The molecule has 84 valence electrons. The van der Waals surface area contributed by atoms with Crippen molar-refractivity contribution < 1.29 is 5.11 Å². The number of phenols is 1. The van der Waals surface area contributed by atoms with Gasteiger partial charge in [0.1, 0.15) is 15.1 Å². The molecule has 0 aliphatic rings. The van der Waals surface area contributed by atoms with Crippen LogP contribution in [0.1, 0.15) is 10.6 Å². The fourth-order valence-electron chi connectivity index (χ4n) is 1.30. The van der Waals surface area contributed by atoms with Crippen molar-refractivity contribution in [2.45, 2.75) is 13.1 Å². The van der Waals surface area contributed by atoms with Crippen LogP contribution in [0.15, 0.2) is 30.5 Å². The summed E-state index contributed by atoms with van der Waals surface area (Å²) in [6.45, 7) is 1.45. The molecule has 0 radical (unpaired) electrons. The van der Waals surface area contributed by atoms with Crippen LogP contribution >= 0.6 is 22.9 Å². The quantitative estimate of drug-likeness (QED) is 0.882. The second-order valence-corrected chi connectivity index (χ2v) is 5.07. The monoisotopic (exact) mass is 254 g/mol. The SMILES string of the molecule is Oc1ccc(CNCc2ncc(Cl)s2)cc1. The number of nitrogens with one attached hydrogen (secondary N) is 1. The van der Waals surface area contributed by atoms with E-state index in [0.717, 1.165) is 17.1 Å². The number of benzene rings is 1. The lowest BCUT2D eigenvalue weighted by atomic mass is 10.2. The Morgan fingerprint density at radius 2 is 2.00 bits per heavy atom. The van der Waals surface area contributed by atoms with Gasteiger partial charge in [-0.25, -0.2) is 4.98 Å². The lowest BCUT2D eigenvalue weighted by molar-refractivity contribution is 0.475. The van der Waals surface area contributed by atoms with Gasteiger partial charge in [0.25, 0.3) is 0 Å². The Bertz CT molecular complexity index is 455. The van der Waals surface area contributed by atoms with Crippen LogP contribution in [0.25, 0.3) is 0 Å². The van der Waals surface area contributed by atoms with Crippen LogP contribution in [0.4, 0.5) is 0 Å². The summed E-state index contributed by atoms with van der Waals surface area (Å²) in [4.78, 5) is 4.15. The molecular weight excluding hydrogens is 244 g/mol. The summed E-state index contributed by atoms with van der Waals surface area (Å²) in [6, 6.07) is 7.13. The van der Waals surface area contributed by atoms with E-state index >= 15 is 0 Å². The predicted octanol–water partition coefficient (Wildman–Crippen LogP) is 2.79. The fraction of sp³-hybridized carbons (Fsp3) is 0.182. The molecule has 2 aromatic rings. The van der Waals surface area contributed by atoms with E-state index in [1.165, 1.54) is 11.3 Å². The highest BCUT2D eigenvalue weighted by molar-refractivity contribution is 7.15. The summed E-state index contributed by atoms with van der Waals surface area (Å²) in [5.41, 5.74) is 1.13. The van der Waals surface area contributed by atoms with Crippen LogP contribution in [0.5, 0.6) is 5.75 Å². The fourth-order valence-corrected chi connectivity index (χ4v) is 2.22. The maximum atomic E-state index is 9.12. The van der Waals surface area contributed by atoms with Gasteiger partial charge in [-0.15, -0.1) is 11.3 Å². The molecule has 0 bridgehead atoms. The lowest BCUT2D eigenvalue weighted by Gasteiger charge is -2.02. The molecule has 2 N–H and O–H groups in total. The van der Waals surface area contributed by atoms with Gasteiger partial charge in [0, 0.05) is 13.1 Å². The van der Waals surface area contributed by atoms with Crippen molar-refractivity contribution in [3.05, 3.63) is 45.4 Å². The molecule has 1 aromatic heterocycles. The van der Waals surface area contributed by atoms with Gasteiger partial charge in [-0.05, 0) is 17.7 Å². The van der Waals surface area contributed by atoms with Gasteiger partial charge in [-0.3, -0.25) is 0 Å². The lowest BCUT2D eigenvalue weighted by Crippen LogP contribution is -2.12. The number of hydrogen-bond acceptors (Lipinski definition) is 4. The van der Waals surface area contributed by atoms with Crippen LogP contribution in [0, 0.1) is 0 Å². The third-order valence-corrected chi connectivity index (χ3v) is 3.18. The van der Waals surface area contributed by atoms with E-state index in [1.807, 2.05) is 12.1 Å². The first-order chi connectivity index (χ1) is 7.74. The van der Waals surface area contributed by atoms with Gasteiger partial charge < -0.3 is 10.4 Å². The first kappa shape index (κ1) is 11.4. The zero-order chi connectivity index (χ0) is 11.4. The molecule has 16 heavy (non-hydrogen) atoms. The van der Waals surface area contributed by atoms with E-state index < -0.39 is 0 Å². The van der Waals surface area contributed by atoms with Gasteiger partial charge in [0.15, 0.2) is 0 Å². The molecule has 1 heterocycles. The van der Waals surface area contributed by atoms with E-state index in [0.29, 0.717) is 10.9 Å². The average Bonchev–Trinajstić information content (AvgIpc) is 2.67. The van der Waals surface area contributed by atoms with Crippen molar-refractivity contribution in [2.75, 3.05) is 0 Å². The van der Waals surface area contributed by atoms with E-state index in [4.69, 9.17) is 16.7 Å². The highest BCUT2D eigenvalue weighted by Gasteiger charge is 1.99. The zero-order valence-electron chi connectivity index (χ0n) is 8.48. The number of rotatable bonds is 4. The second kappa shape index (κ2) is 5.30. The molecule has 1 aromatic carbocycles. The van der Waals surface area contributed by atoms with E-state index in [-0.39, 0.29) is 5.75 Å². The number of thiazole rings is 1. The van der Waals surface area contributed by atoms with E-state index in [2.05, 4.69) is 10.3 Å². The Labute approximate surface area is 103 Å². The average molecular weight is 255 g/mol. The minimum Gasteiger partial charge on any atom is -0.508 e. The molecule has 0 unspecified atom stereocenters. The highest BCUT2D eigenvalue weighted by Crippen LogP contribution is 2.18. The summed E-state index contributed by atoms with van der Waals surface area (Å²) in [5.74, 6) is 0.287. The molecule has 0 saturated heterocycles. The third-order valence-electron chi connectivity index (χ3n) is 2.07. The summed E-state index contributed by atoms with van der Waals surface area (Å²) in [5, 5.41) is 13.4. The Morgan fingerprint density at radius 1 is 1.25 bits per heavy atom. The molecule has 0 aliphatic heterocycles. The minimum absolute atomic E-state index is 0.287. The van der Waals surface area contributed by atoms with Gasteiger partial charge in [-0.2, -0.15) is 0 Å². The minimum atomic E-state index is 0.287. The predicted molar refractivity (Wildman–Crippen MR) is 65.8 cm³/mol. The Hall–Kier alpha value is -1.10. The Kier molecular flexibility index (Phi) is 3.77. The van der Waals surface area contributed by atoms with E-state index in [1.54, 1.807) is 18.3 Å². The van der Waals surface area contributed by atoms with Crippen LogP contribution in [-0.4, -0.2) is 10.1 Å². The molecule has 0 spiro atoms. The van der Waals surface area contributed by atoms with Crippen LogP contribution < -0.4 is 5.32 Å². The molecule has 2 rings (SSSR count). The van der Waals surface area contributed by atoms with Crippen LogP contribution in [0.3, 0.4) is 0 Å². The molecule has 0 aliphatic carbocycles. The maximum Gasteiger partial charge on any atom is 0.115 e. The summed E-state index contributed by atoms with van der Waals surface area (Å²) >= 11 is 7.25. The molecule has 3 nitrogen and oxygen atoms in total. The molecule has 0 fully saturated rings. The number of hydrogen-bond donors (Lipinski definition) is 2. The Balaban J connectivity index is 1.82. The summed E-state index contributed by atoms with van der Waals surface area (Å²) in [7, 11) is 0. The molecular formula is C11H11ClN2OS. The molecule has 0 saturated carbocycles. The van der Waals surface area contributed by atoms with Crippen molar-refractivity contribution >= 4 is 22.9 Å². The van der Waals surface area contributed by atoms with Crippen molar-refractivity contribution in [1.29, 1.82) is 0 Å². The molecule has 5 heteroatoms. The number of phenolic OH excluding ortho intramolecular Hbond substituents is 1. The maximum absolute atomic E-state index is 9.12. The van der Waals surface area contributed by atoms with Gasteiger partial charge in [0.05, 0.1) is 6.20 Å². The highest BCUT2D eigenvalue weighted by atomic mass is 35.5. The summed E-state index contributed by atoms with van der Waals surface area (Å²) < 4.78 is 0.710. The van der Waals surface area contributed by atoms with Gasteiger partial charge >= 0.3 is 0 Å². The van der Waals surface area contributed by atoms with Crippen LogP contribution in [0.2, 0.25) is 4.34 Å². The normalized spacial score (nSPS) is 10.6. The molecule has 0 atom stereocenters. The van der Waals surface area contributed by atoms with E-state index in [9.17, 15) is 0 Å². The standard InChI is InChI=1S/C11H11ClN2OS/c12-10-6-14-11(16-10)7-13-5-8-1-3-9(15)4-2-8/h1-4,6,13,15H,5,7H2.